The van der Waals surface area contributed by atoms with Gasteiger partial charge in [-0.2, -0.15) is 0 Å². The zero-order chi connectivity index (χ0) is 14.3. The number of methoxy groups -OCH3 is 1. The lowest BCUT2D eigenvalue weighted by atomic mass is 9.85. The number of hydrogen-bond acceptors (Lipinski definition) is 4. The standard InChI is InChI=1S/C15H30N2O2/c1-5-10-16-15(2,14(18)19-4)9-11-17(3)12-13-7-6-8-13/h13,16H,5-12H2,1-4H3. The quantitative estimate of drug-likeness (QED) is 0.651. The summed E-state index contributed by atoms with van der Waals surface area (Å²) in [6.45, 7) is 6.99. The van der Waals surface area contributed by atoms with Crippen LogP contribution in [-0.2, 0) is 9.53 Å². The number of ether oxygens (including phenoxy) is 1. The lowest BCUT2D eigenvalue weighted by Crippen LogP contribution is -2.52. The summed E-state index contributed by atoms with van der Waals surface area (Å²) in [5.74, 6) is 0.718. The number of hydrogen-bond donors (Lipinski definition) is 1. The Hall–Kier alpha value is -0.610. The topological polar surface area (TPSA) is 41.6 Å². The maximum atomic E-state index is 11.9. The Labute approximate surface area is 117 Å². The molecule has 1 rings (SSSR count). The van der Waals surface area contributed by atoms with Crippen LogP contribution in [0.1, 0.15) is 46.0 Å². The second-order valence-corrected chi connectivity index (χ2v) is 6.06. The van der Waals surface area contributed by atoms with Crippen molar-refractivity contribution in [3.8, 4) is 0 Å². The highest BCUT2D eigenvalue weighted by atomic mass is 16.5. The molecule has 0 amide bonds. The van der Waals surface area contributed by atoms with E-state index in [4.69, 9.17) is 4.74 Å². The first-order valence-electron chi connectivity index (χ1n) is 7.54. The van der Waals surface area contributed by atoms with Crippen molar-refractivity contribution in [1.29, 1.82) is 0 Å². The number of carbonyl (C=O) groups excluding carboxylic acids is 1. The second kappa shape index (κ2) is 7.85. The molecule has 0 spiro atoms. The highest BCUT2D eigenvalue weighted by molar-refractivity contribution is 5.80. The maximum absolute atomic E-state index is 11.9. The van der Waals surface area contributed by atoms with Crippen LogP contribution in [0.25, 0.3) is 0 Å². The molecule has 1 saturated carbocycles. The summed E-state index contributed by atoms with van der Waals surface area (Å²) < 4.78 is 4.94. The zero-order valence-electron chi connectivity index (χ0n) is 13.0. The summed E-state index contributed by atoms with van der Waals surface area (Å²) in [6.07, 6.45) is 5.93. The fourth-order valence-corrected chi connectivity index (χ4v) is 2.51. The number of carbonyl (C=O) groups is 1. The minimum absolute atomic E-state index is 0.155. The van der Waals surface area contributed by atoms with Crippen molar-refractivity contribution in [3.05, 3.63) is 0 Å². The number of rotatable bonds is 9. The molecule has 0 saturated heterocycles. The van der Waals surface area contributed by atoms with Crippen LogP contribution < -0.4 is 5.32 Å². The Morgan fingerprint density at radius 2 is 2.16 bits per heavy atom. The largest absolute Gasteiger partial charge is 0.468 e. The fraction of sp³-hybridized carbons (Fsp3) is 0.933. The first-order chi connectivity index (χ1) is 9.01. The molecule has 1 aliphatic carbocycles. The molecule has 0 aliphatic heterocycles. The molecule has 0 aromatic carbocycles. The minimum Gasteiger partial charge on any atom is -0.468 e. The van der Waals surface area contributed by atoms with Gasteiger partial charge in [-0.1, -0.05) is 13.3 Å². The lowest BCUT2D eigenvalue weighted by molar-refractivity contribution is -0.148. The molecule has 1 N–H and O–H groups in total. The minimum atomic E-state index is -0.557. The van der Waals surface area contributed by atoms with Gasteiger partial charge in [0.25, 0.3) is 0 Å². The summed E-state index contributed by atoms with van der Waals surface area (Å²) in [5, 5.41) is 3.33. The SMILES string of the molecule is CCCNC(C)(CCN(C)CC1CCC1)C(=O)OC. The predicted octanol–water partition coefficient (Wildman–Crippen LogP) is 2.04. The van der Waals surface area contributed by atoms with E-state index in [1.165, 1.54) is 26.4 Å². The van der Waals surface area contributed by atoms with Crippen LogP contribution in [0.3, 0.4) is 0 Å². The summed E-state index contributed by atoms with van der Waals surface area (Å²) in [6, 6.07) is 0. The first-order valence-corrected chi connectivity index (χ1v) is 7.54. The van der Waals surface area contributed by atoms with Crippen LogP contribution in [0.4, 0.5) is 0 Å². The van der Waals surface area contributed by atoms with Crippen molar-refractivity contribution in [2.24, 2.45) is 5.92 Å². The van der Waals surface area contributed by atoms with E-state index in [1.54, 1.807) is 0 Å². The molecular weight excluding hydrogens is 240 g/mol. The molecule has 4 nitrogen and oxygen atoms in total. The van der Waals surface area contributed by atoms with Crippen LogP contribution in [0, 0.1) is 5.92 Å². The van der Waals surface area contributed by atoms with Gasteiger partial charge in [-0.3, -0.25) is 4.79 Å². The Balaban J connectivity index is 2.39. The van der Waals surface area contributed by atoms with E-state index >= 15 is 0 Å². The smallest absolute Gasteiger partial charge is 0.325 e. The monoisotopic (exact) mass is 270 g/mol. The summed E-state index contributed by atoms with van der Waals surface area (Å²) in [5.41, 5.74) is -0.557. The molecule has 1 aliphatic rings. The Morgan fingerprint density at radius 1 is 1.47 bits per heavy atom. The van der Waals surface area contributed by atoms with Gasteiger partial charge in [0.2, 0.25) is 0 Å². The molecule has 0 aromatic rings. The van der Waals surface area contributed by atoms with Gasteiger partial charge in [0.05, 0.1) is 7.11 Å². The molecule has 1 fully saturated rings. The average Bonchev–Trinajstić information content (AvgIpc) is 2.37. The van der Waals surface area contributed by atoms with E-state index in [0.29, 0.717) is 0 Å². The fourth-order valence-electron chi connectivity index (χ4n) is 2.51. The van der Waals surface area contributed by atoms with E-state index in [1.807, 2.05) is 6.92 Å². The first kappa shape index (κ1) is 16.4. The van der Waals surface area contributed by atoms with Gasteiger partial charge >= 0.3 is 5.97 Å². The molecule has 0 heterocycles. The molecule has 1 unspecified atom stereocenters. The predicted molar refractivity (Wildman–Crippen MR) is 78.2 cm³/mol. The van der Waals surface area contributed by atoms with E-state index < -0.39 is 5.54 Å². The molecule has 1 atom stereocenters. The summed E-state index contributed by atoms with van der Waals surface area (Å²) in [7, 11) is 3.61. The highest BCUT2D eigenvalue weighted by Crippen LogP contribution is 2.27. The van der Waals surface area contributed by atoms with Gasteiger partial charge in [-0.05, 0) is 52.1 Å². The van der Waals surface area contributed by atoms with E-state index in [-0.39, 0.29) is 5.97 Å². The Kier molecular flexibility index (Phi) is 6.80. The average molecular weight is 270 g/mol. The Bertz CT molecular complexity index is 279. The van der Waals surface area contributed by atoms with Gasteiger partial charge in [0.15, 0.2) is 0 Å². The van der Waals surface area contributed by atoms with Gasteiger partial charge in [0, 0.05) is 13.1 Å². The van der Waals surface area contributed by atoms with Gasteiger partial charge < -0.3 is 15.0 Å². The highest BCUT2D eigenvalue weighted by Gasteiger charge is 2.33. The third-order valence-corrected chi connectivity index (χ3v) is 4.19. The van der Waals surface area contributed by atoms with Crippen LogP contribution in [-0.4, -0.2) is 50.2 Å². The number of esters is 1. The van der Waals surface area contributed by atoms with Crippen molar-refractivity contribution >= 4 is 5.97 Å². The van der Waals surface area contributed by atoms with Gasteiger partial charge in [-0.15, -0.1) is 0 Å². The third kappa shape index (κ3) is 5.11. The van der Waals surface area contributed by atoms with Crippen molar-refractivity contribution < 1.29 is 9.53 Å². The molecule has 0 aromatic heterocycles. The normalized spacial score (nSPS) is 19.0. The summed E-state index contributed by atoms with van der Waals surface area (Å²) >= 11 is 0. The lowest BCUT2D eigenvalue weighted by Gasteiger charge is -2.33. The summed E-state index contributed by atoms with van der Waals surface area (Å²) in [4.78, 5) is 14.3. The van der Waals surface area contributed by atoms with Crippen molar-refractivity contribution in [3.63, 3.8) is 0 Å². The van der Waals surface area contributed by atoms with Gasteiger partial charge in [0.1, 0.15) is 5.54 Å². The molecule has 19 heavy (non-hydrogen) atoms. The zero-order valence-corrected chi connectivity index (χ0v) is 13.0. The molecule has 0 radical (unpaired) electrons. The molecule has 112 valence electrons. The van der Waals surface area contributed by atoms with E-state index in [9.17, 15) is 4.79 Å². The number of nitrogens with one attached hydrogen (secondary N) is 1. The number of nitrogens with zero attached hydrogens (tertiary/aromatic N) is 1. The molecular formula is C15H30N2O2. The molecule has 4 heteroatoms. The van der Waals surface area contributed by atoms with E-state index in [2.05, 4.69) is 24.2 Å². The van der Waals surface area contributed by atoms with Crippen LogP contribution in [0.5, 0.6) is 0 Å². The van der Waals surface area contributed by atoms with Crippen LogP contribution >= 0.6 is 0 Å². The van der Waals surface area contributed by atoms with Crippen LogP contribution in [0.15, 0.2) is 0 Å². The van der Waals surface area contributed by atoms with Crippen LogP contribution in [0.2, 0.25) is 0 Å². The van der Waals surface area contributed by atoms with Crippen molar-refractivity contribution in [1.82, 2.24) is 10.2 Å². The van der Waals surface area contributed by atoms with Crippen molar-refractivity contribution in [2.45, 2.75) is 51.5 Å². The maximum Gasteiger partial charge on any atom is 0.325 e. The molecule has 0 bridgehead atoms. The third-order valence-electron chi connectivity index (χ3n) is 4.19. The second-order valence-electron chi connectivity index (χ2n) is 6.06. The van der Waals surface area contributed by atoms with E-state index in [0.717, 1.165) is 38.4 Å². The van der Waals surface area contributed by atoms with Gasteiger partial charge in [-0.25, -0.2) is 0 Å². The Morgan fingerprint density at radius 3 is 2.63 bits per heavy atom. The van der Waals surface area contributed by atoms with Crippen molar-refractivity contribution in [2.75, 3.05) is 33.8 Å².